The van der Waals surface area contributed by atoms with Crippen molar-refractivity contribution in [1.82, 2.24) is 9.78 Å². The molecule has 0 aliphatic carbocycles. The molecule has 0 aliphatic rings. The van der Waals surface area contributed by atoms with E-state index >= 15 is 0 Å². The average Bonchev–Trinajstić information content (AvgIpc) is 2.76. The predicted molar refractivity (Wildman–Crippen MR) is 80.3 cm³/mol. The van der Waals surface area contributed by atoms with Gasteiger partial charge in [-0.3, -0.25) is 14.3 Å². The van der Waals surface area contributed by atoms with E-state index in [-0.39, 0.29) is 11.6 Å². The summed E-state index contributed by atoms with van der Waals surface area (Å²) in [7, 11) is 0. The Bertz CT molecular complexity index is 686. The molecule has 6 nitrogen and oxygen atoms in total. The summed E-state index contributed by atoms with van der Waals surface area (Å²) >= 11 is 0. The Labute approximate surface area is 122 Å². The number of anilines is 1. The van der Waals surface area contributed by atoms with Gasteiger partial charge in [0.25, 0.3) is 11.8 Å². The summed E-state index contributed by atoms with van der Waals surface area (Å²) in [5.41, 5.74) is 8.12. The summed E-state index contributed by atoms with van der Waals surface area (Å²) in [5.74, 6) is -0.909. The number of nitrogens with two attached hydrogens (primary N) is 1. The van der Waals surface area contributed by atoms with Crippen LogP contribution in [0.1, 0.15) is 39.0 Å². The van der Waals surface area contributed by atoms with Gasteiger partial charge >= 0.3 is 0 Å². The maximum atomic E-state index is 12.2. The van der Waals surface area contributed by atoms with Gasteiger partial charge in [0, 0.05) is 12.1 Å². The first-order valence-electron chi connectivity index (χ1n) is 6.69. The third kappa shape index (κ3) is 2.94. The number of hydrogen-bond donors (Lipinski definition) is 2. The fourth-order valence-electron chi connectivity index (χ4n) is 2.10. The van der Waals surface area contributed by atoms with Crippen LogP contribution in [0.5, 0.6) is 0 Å². The van der Waals surface area contributed by atoms with E-state index in [1.54, 1.807) is 19.1 Å². The highest BCUT2D eigenvalue weighted by Gasteiger charge is 2.21. The first kappa shape index (κ1) is 14.8. The molecule has 2 amide bonds. The zero-order valence-electron chi connectivity index (χ0n) is 12.3. The van der Waals surface area contributed by atoms with Crippen molar-refractivity contribution in [3.63, 3.8) is 0 Å². The molecule has 0 spiro atoms. The topological polar surface area (TPSA) is 90.0 Å². The van der Waals surface area contributed by atoms with E-state index in [1.807, 2.05) is 26.0 Å². The van der Waals surface area contributed by atoms with Crippen LogP contribution < -0.4 is 11.1 Å². The molecule has 1 heterocycles. The van der Waals surface area contributed by atoms with E-state index < -0.39 is 5.91 Å². The number of primary amides is 1. The summed E-state index contributed by atoms with van der Waals surface area (Å²) in [6.07, 6.45) is 0. The number of aromatic nitrogens is 2. The molecule has 2 aromatic rings. The van der Waals surface area contributed by atoms with Crippen molar-refractivity contribution in [2.24, 2.45) is 5.73 Å². The second-order valence-electron chi connectivity index (χ2n) is 4.81. The van der Waals surface area contributed by atoms with Crippen molar-refractivity contribution in [1.29, 1.82) is 0 Å². The van der Waals surface area contributed by atoms with Crippen LogP contribution in [0.15, 0.2) is 24.3 Å². The number of hydrogen-bond acceptors (Lipinski definition) is 3. The molecule has 0 fully saturated rings. The van der Waals surface area contributed by atoms with E-state index in [0.29, 0.717) is 23.5 Å². The van der Waals surface area contributed by atoms with Gasteiger partial charge in [0.1, 0.15) is 5.69 Å². The number of aryl methyl sites for hydroxylation is 3. The molecule has 21 heavy (non-hydrogen) atoms. The monoisotopic (exact) mass is 286 g/mol. The number of nitrogens with zero attached hydrogens (tertiary/aromatic N) is 2. The highest BCUT2D eigenvalue weighted by Crippen LogP contribution is 2.21. The summed E-state index contributed by atoms with van der Waals surface area (Å²) in [5, 5.41) is 6.94. The Morgan fingerprint density at radius 2 is 1.86 bits per heavy atom. The molecule has 0 unspecified atom stereocenters. The largest absolute Gasteiger partial charge is 0.364 e. The lowest BCUT2D eigenvalue weighted by Crippen LogP contribution is -2.21. The van der Waals surface area contributed by atoms with Gasteiger partial charge in [-0.15, -0.1) is 0 Å². The first-order chi connectivity index (χ1) is 9.93. The maximum Gasteiger partial charge on any atom is 0.269 e. The van der Waals surface area contributed by atoms with E-state index in [4.69, 9.17) is 5.73 Å². The average molecular weight is 286 g/mol. The van der Waals surface area contributed by atoms with Crippen LogP contribution >= 0.6 is 0 Å². The molecule has 0 aliphatic heterocycles. The Hall–Kier alpha value is -2.63. The fourth-order valence-corrected chi connectivity index (χ4v) is 2.10. The molecular formula is C15H18N4O2. The SMILES string of the molecule is CCn1nc(C)c(NC(=O)c2ccc(C)cc2)c1C(N)=O. The summed E-state index contributed by atoms with van der Waals surface area (Å²) in [6, 6.07) is 7.17. The minimum absolute atomic E-state index is 0.218. The van der Waals surface area contributed by atoms with Gasteiger partial charge in [-0.05, 0) is 32.9 Å². The molecule has 6 heteroatoms. The van der Waals surface area contributed by atoms with E-state index in [1.165, 1.54) is 4.68 Å². The van der Waals surface area contributed by atoms with Crippen LogP contribution in [0.25, 0.3) is 0 Å². The molecule has 0 atom stereocenters. The molecule has 0 saturated heterocycles. The first-order valence-corrected chi connectivity index (χ1v) is 6.69. The van der Waals surface area contributed by atoms with Crippen molar-refractivity contribution in [3.8, 4) is 0 Å². The summed E-state index contributed by atoms with van der Waals surface area (Å²) in [4.78, 5) is 23.8. The fraction of sp³-hybridized carbons (Fsp3) is 0.267. The van der Waals surface area contributed by atoms with Crippen molar-refractivity contribution in [2.45, 2.75) is 27.3 Å². The molecule has 1 aromatic carbocycles. The summed E-state index contributed by atoms with van der Waals surface area (Å²) < 4.78 is 1.49. The van der Waals surface area contributed by atoms with Gasteiger partial charge < -0.3 is 11.1 Å². The van der Waals surface area contributed by atoms with Crippen molar-refractivity contribution in [2.75, 3.05) is 5.32 Å². The van der Waals surface area contributed by atoms with Gasteiger partial charge in [0.05, 0.1) is 11.4 Å². The number of carbonyl (C=O) groups excluding carboxylic acids is 2. The number of nitrogens with one attached hydrogen (secondary N) is 1. The third-order valence-electron chi connectivity index (χ3n) is 3.21. The molecule has 3 N–H and O–H groups in total. The van der Waals surface area contributed by atoms with Crippen molar-refractivity contribution in [3.05, 3.63) is 46.8 Å². The molecule has 1 aromatic heterocycles. The molecule has 110 valence electrons. The van der Waals surface area contributed by atoms with Gasteiger partial charge in [-0.1, -0.05) is 17.7 Å². The van der Waals surface area contributed by atoms with E-state index in [9.17, 15) is 9.59 Å². The lowest BCUT2D eigenvalue weighted by Gasteiger charge is -2.07. The van der Waals surface area contributed by atoms with Crippen molar-refractivity contribution >= 4 is 17.5 Å². The zero-order chi connectivity index (χ0) is 15.6. The Kier molecular flexibility index (Phi) is 4.07. The quantitative estimate of drug-likeness (QED) is 0.899. The van der Waals surface area contributed by atoms with Crippen LogP contribution in [-0.2, 0) is 6.54 Å². The molecule has 2 rings (SSSR count). The minimum Gasteiger partial charge on any atom is -0.364 e. The van der Waals surface area contributed by atoms with Gasteiger partial charge in [-0.2, -0.15) is 5.10 Å². The molecule has 0 bridgehead atoms. The lowest BCUT2D eigenvalue weighted by atomic mass is 10.1. The Morgan fingerprint density at radius 1 is 1.24 bits per heavy atom. The van der Waals surface area contributed by atoms with Crippen molar-refractivity contribution < 1.29 is 9.59 Å². The number of rotatable bonds is 4. The molecule has 0 saturated carbocycles. The van der Waals surface area contributed by atoms with Crippen LogP contribution in [0, 0.1) is 13.8 Å². The van der Waals surface area contributed by atoms with Gasteiger partial charge in [-0.25, -0.2) is 0 Å². The van der Waals surface area contributed by atoms with Crippen LogP contribution in [0.4, 0.5) is 5.69 Å². The van der Waals surface area contributed by atoms with Crippen LogP contribution in [0.2, 0.25) is 0 Å². The van der Waals surface area contributed by atoms with Crippen LogP contribution in [-0.4, -0.2) is 21.6 Å². The third-order valence-corrected chi connectivity index (χ3v) is 3.21. The molecule has 0 radical (unpaired) electrons. The number of amides is 2. The smallest absolute Gasteiger partial charge is 0.269 e. The highest BCUT2D eigenvalue weighted by atomic mass is 16.2. The highest BCUT2D eigenvalue weighted by molar-refractivity contribution is 6.08. The maximum absolute atomic E-state index is 12.2. The van der Waals surface area contributed by atoms with Gasteiger partial charge in [0.15, 0.2) is 0 Å². The second kappa shape index (κ2) is 5.78. The Balaban J connectivity index is 2.35. The number of benzene rings is 1. The zero-order valence-corrected chi connectivity index (χ0v) is 12.3. The van der Waals surface area contributed by atoms with E-state index in [2.05, 4.69) is 10.4 Å². The van der Waals surface area contributed by atoms with Gasteiger partial charge in [0.2, 0.25) is 0 Å². The minimum atomic E-state index is -0.614. The molecular weight excluding hydrogens is 268 g/mol. The van der Waals surface area contributed by atoms with Crippen LogP contribution in [0.3, 0.4) is 0 Å². The second-order valence-corrected chi connectivity index (χ2v) is 4.81. The number of carbonyl (C=O) groups is 2. The normalized spacial score (nSPS) is 10.4. The summed E-state index contributed by atoms with van der Waals surface area (Å²) in [6.45, 7) is 6.02. The van der Waals surface area contributed by atoms with E-state index in [0.717, 1.165) is 5.56 Å². The Morgan fingerprint density at radius 3 is 2.38 bits per heavy atom. The lowest BCUT2D eigenvalue weighted by molar-refractivity contribution is 0.0991. The predicted octanol–water partition coefficient (Wildman–Crippen LogP) is 1.87. The standard InChI is InChI=1S/C15H18N4O2/c1-4-19-13(14(16)20)12(10(3)18-19)17-15(21)11-7-5-9(2)6-8-11/h5-8H,4H2,1-3H3,(H2,16,20)(H,17,21).